The van der Waals surface area contributed by atoms with Crippen LogP contribution in [-0.2, 0) is 27.1 Å². The molecule has 0 amide bonds. The summed E-state index contributed by atoms with van der Waals surface area (Å²) in [6, 6.07) is 8.76. The van der Waals surface area contributed by atoms with E-state index < -0.39 is 7.82 Å². The minimum Gasteiger partial charge on any atom is -0.756 e. The van der Waals surface area contributed by atoms with Gasteiger partial charge in [-0.3, -0.25) is 9.25 Å². The van der Waals surface area contributed by atoms with Crippen LogP contribution < -0.4 is 4.89 Å². The first-order valence-electron chi connectivity index (χ1n) is 16.0. The van der Waals surface area contributed by atoms with Gasteiger partial charge in [0, 0.05) is 12.6 Å². The number of benzene rings is 1. The van der Waals surface area contributed by atoms with E-state index in [1.165, 1.54) is 89.0 Å². The van der Waals surface area contributed by atoms with Crippen LogP contribution >= 0.6 is 7.82 Å². The van der Waals surface area contributed by atoms with E-state index in [2.05, 4.69) is 34.6 Å². The lowest BCUT2D eigenvalue weighted by molar-refractivity contribution is -0.870. The van der Waals surface area contributed by atoms with Gasteiger partial charge in [-0.1, -0.05) is 119 Å². The molecule has 0 bridgehead atoms. The van der Waals surface area contributed by atoms with Crippen LogP contribution in [-0.4, -0.2) is 60.4 Å². The zero-order valence-electron chi connectivity index (χ0n) is 26.4. The minimum absolute atomic E-state index is 0.161. The van der Waals surface area contributed by atoms with Crippen molar-refractivity contribution in [1.82, 2.24) is 15.0 Å². The van der Waals surface area contributed by atoms with Gasteiger partial charge in [0.05, 0.1) is 33.9 Å². The zero-order chi connectivity index (χ0) is 29.8. The molecule has 9 heteroatoms. The standard InChI is InChI=1S/C32H57N4O4P/c1-35-29-32(33-34-35)31-24-22-30(23-25-31)21-19-17-15-13-11-9-7-5-6-8-10-12-14-16-18-20-27-39-41(37,38)40-28-26-36(2,3)4/h22-25,29H,5-21,26-28H2,1-4H3. The van der Waals surface area contributed by atoms with Crippen LogP contribution in [0.4, 0.5) is 0 Å². The van der Waals surface area contributed by atoms with Crippen molar-refractivity contribution >= 4 is 7.82 Å². The third kappa shape index (κ3) is 18.6. The van der Waals surface area contributed by atoms with E-state index in [4.69, 9.17) is 9.05 Å². The summed E-state index contributed by atoms with van der Waals surface area (Å²) in [5, 5.41) is 8.18. The summed E-state index contributed by atoms with van der Waals surface area (Å²) in [7, 11) is 3.73. The summed E-state index contributed by atoms with van der Waals surface area (Å²) in [5.74, 6) is 0. The number of hydrogen-bond acceptors (Lipinski definition) is 6. The van der Waals surface area contributed by atoms with Gasteiger partial charge < -0.3 is 18.4 Å². The van der Waals surface area contributed by atoms with Crippen LogP contribution in [0.3, 0.4) is 0 Å². The number of phosphoric acid groups is 1. The topological polar surface area (TPSA) is 89.3 Å². The first kappa shape index (κ1) is 35.6. The molecule has 8 nitrogen and oxygen atoms in total. The van der Waals surface area contributed by atoms with E-state index in [-0.39, 0.29) is 13.2 Å². The van der Waals surface area contributed by atoms with Crippen LogP contribution in [0, 0.1) is 0 Å². The lowest BCUT2D eigenvalue weighted by Gasteiger charge is -2.27. The highest BCUT2D eigenvalue weighted by Gasteiger charge is 2.13. The van der Waals surface area contributed by atoms with Crippen LogP contribution in [0.5, 0.6) is 0 Å². The average molecular weight is 593 g/mol. The number of aryl methyl sites for hydroxylation is 2. The van der Waals surface area contributed by atoms with Crippen molar-refractivity contribution in [2.75, 3.05) is 40.9 Å². The van der Waals surface area contributed by atoms with Gasteiger partial charge in [-0.25, -0.2) is 0 Å². The van der Waals surface area contributed by atoms with Gasteiger partial charge >= 0.3 is 0 Å². The third-order valence-corrected chi connectivity index (χ3v) is 8.47. The SMILES string of the molecule is Cn1cc(-c2ccc(CCCCCCCCCCCCCCCCCCOP(=O)([O-])OCC[N+](C)(C)C)cc2)nn1. The van der Waals surface area contributed by atoms with E-state index in [0.29, 0.717) is 11.0 Å². The molecule has 0 fully saturated rings. The largest absolute Gasteiger partial charge is 0.756 e. The first-order chi connectivity index (χ1) is 19.6. The molecule has 1 unspecified atom stereocenters. The number of rotatable bonds is 25. The Kier molecular flexibility index (Phi) is 17.7. The second-order valence-corrected chi connectivity index (χ2v) is 13.9. The monoisotopic (exact) mass is 592 g/mol. The zero-order valence-corrected chi connectivity index (χ0v) is 27.3. The van der Waals surface area contributed by atoms with Gasteiger partial charge in [0.2, 0.25) is 0 Å². The molecule has 2 rings (SSSR count). The molecule has 0 aliphatic rings. The predicted molar refractivity (Wildman–Crippen MR) is 166 cm³/mol. The molecule has 1 atom stereocenters. The smallest absolute Gasteiger partial charge is 0.268 e. The number of phosphoric ester groups is 1. The lowest BCUT2D eigenvalue weighted by atomic mass is 10.0. The van der Waals surface area contributed by atoms with Gasteiger partial charge in [-0.2, -0.15) is 0 Å². The van der Waals surface area contributed by atoms with E-state index >= 15 is 0 Å². The van der Waals surface area contributed by atoms with Gasteiger partial charge in [0.25, 0.3) is 7.82 Å². The number of aromatic nitrogens is 3. The molecule has 1 heterocycles. The summed E-state index contributed by atoms with van der Waals surface area (Å²) in [6.45, 7) is 1.01. The van der Waals surface area contributed by atoms with E-state index in [1.54, 1.807) is 4.68 Å². The fourth-order valence-electron chi connectivity index (χ4n) is 4.87. The van der Waals surface area contributed by atoms with Crippen LogP contribution in [0.15, 0.2) is 30.5 Å². The molecule has 0 aliphatic heterocycles. The van der Waals surface area contributed by atoms with Crippen LogP contribution in [0.25, 0.3) is 11.3 Å². The van der Waals surface area contributed by atoms with Crippen LogP contribution in [0.2, 0.25) is 0 Å². The molecule has 0 saturated carbocycles. The molecular formula is C32H57N4O4P. The number of quaternary nitrogens is 1. The number of unbranched alkanes of at least 4 members (excludes halogenated alkanes) is 15. The molecular weight excluding hydrogens is 535 g/mol. The van der Waals surface area contributed by atoms with Crippen molar-refractivity contribution in [1.29, 1.82) is 0 Å². The summed E-state index contributed by atoms with van der Waals surface area (Å²) in [4.78, 5) is 11.7. The van der Waals surface area contributed by atoms with Gasteiger partial charge in [-0.15, -0.1) is 5.10 Å². The quantitative estimate of drug-likeness (QED) is 0.0675. The van der Waals surface area contributed by atoms with Crippen molar-refractivity contribution in [3.8, 4) is 11.3 Å². The maximum atomic E-state index is 11.7. The normalized spacial score (nSPS) is 13.5. The molecule has 0 N–H and O–H groups in total. The number of nitrogens with zero attached hydrogens (tertiary/aromatic N) is 4. The molecule has 0 spiro atoms. The summed E-state index contributed by atoms with van der Waals surface area (Å²) in [5.41, 5.74) is 3.47. The maximum absolute atomic E-state index is 11.7. The Bertz CT molecular complexity index is 975. The Morgan fingerprint density at radius 2 is 1.20 bits per heavy atom. The van der Waals surface area contributed by atoms with Gasteiger partial charge in [-0.05, 0) is 24.8 Å². The van der Waals surface area contributed by atoms with Gasteiger partial charge in [0.15, 0.2) is 0 Å². The summed E-state index contributed by atoms with van der Waals surface area (Å²) >= 11 is 0. The Hall–Kier alpha value is -1.57. The molecule has 1 aromatic heterocycles. The summed E-state index contributed by atoms with van der Waals surface area (Å²) < 4.78 is 24.0. The third-order valence-electron chi connectivity index (χ3n) is 7.47. The fraction of sp³-hybridized carbons (Fsp3) is 0.750. The van der Waals surface area contributed by atoms with E-state index in [9.17, 15) is 9.46 Å². The van der Waals surface area contributed by atoms with Gasteiger partial charge in [0.1, 0.15) is 18.8 Å². The van der Waals surface area contributed by atoms with E-state index in [0.717, 1.165) is 36.9 Å². The Morgan fingerprint density at radius 3 is 1.66 bits per heavy atom. The lowest BCUT2D eigenvalue weighted by Crippen LogP contribution is -2.37. The van der Waals surface area contributed by atoms with Crippen molar-refractivity contribution in [2.24, 2.45) is 7.05 Å². The minimum atomic E-state index is -4.15. The highest BCUT2D eigenvalue weighted by molar-refractivity contribution is 7.45. The number of likely N-dealkylation sites (N-methyl/N-ethyl adjacent to an activating group) is 1. The Morgan fingerprint density at radius 1 is 0.732 bits per heavy atom. The average Bonchev–Trinajstić information content (AvgIpc) is 3.35. The first-order valence-corrected chi connectivity index (χ1v) is 17.5. The molecule has 1 aromatic carbocycles. The van der Waals surface area contributed by atoms with Crippen molar-refractivity contribution < 1.29 is 23.0 Å². The van der Waals surface area contributed by atoms with Crippen molar-refractivity contribution in [2.45, 2.75) is 109 Å². The molecule has 234 valence electrons. The van der Waals surface area contributed by atoms with Crippen molar-refractivity contribution in [3.63, 3.8) is 0 Å². The highest BCUT2D eigenvalue weighted by atomic mass is 31.2. The second kappa shape index (κ2) is 20.4. The number of hydrogen-bond donors (Lipinski definition) is 0. The van der Waals surface area contributed by atoms with Crippen molar-refractivity contribution in [3.05, 3.63) is 36.0 Å². The maximum Gasteiger partial charge on any atom is 0.268 e. The molecule has 0 aliphatic carbocycles. The predicted octanol–water partition coefficient (Wildman–Crippen LogP) is 7.47. The van der Waals surface area contributed by atoms with Crippen LogP contribution in [0.1, 0.15) is 108 Å². The summed E-state index contributed by atoms with van der Waals surface area (Å²) in [6.07, 6.45) is 23.4. The molecule has 2 aromatic rings. The molecule has 41 heavy (non-hydrogen) atoms. The Labute approximate surface area is 250 Å². The fourth-order valence-corrected chi connectivity index (χ4v) is 5.60. The highest BCUT2D eigenvalue weighted by Crippen LogP contribution is 2.38. The Balaban J connectivity index is 1.29. The molecule has 0 radical (unpaired) electrons. The van der Waals surface area contributed by atoms with E-state index in [1.807, 2.05) is 34.4 Å². The second-order valence-electron chi connectivity index (χ2n) is 12.5. The molecule has 0 saturated heterocycles.